The molecule has 6 rings (SSSR count). The van der Waals surface area contributed by atoms with Crippen molar-refractivity contribution in [1.82, 2.24) is 19.7 Å². The number of nitrogens with zero attached hydrogens (tertiary/aromatic N) is 6. The molecule has 1 aliphatic carbocycles. The maximum Gasteiger partial charge on any atom is 0.410 e. The number of carbonyl (C=O) groups excluding carboxylic acids is 3. The second-order valence-electron chi connectivity index (χ2n) is 16.6. The Labute approximate surface area is 401 Å². The molecular weight excluding hydrogens is 934 g/mol. The van der Waals surface area contributed by atoms with Gasteiger partial charge in [0.25, 0.3) is 16.1 Å². The van der Waals surface area contributed by atoms with Crippen molar-refractivity contribution in [3.63, 3.8) is 0 Å². The first-order chi connectivity index (χ1) is 33.3. The van der Waals surface area contributed by atoms with E-state index in [0.717, 1.165) is 41.7 Å². The monoisotopic (exact) mass is 988 g/mol. The molecular formula is C46H55ClF2N6O14. The summed E-state index contributed by atoms with van der Waals surface area (Å²) in [5.41, 5.74) is 4.07. The third-order valence-electron chi connectivity index (χ3n) is 11.8. The van der Waals surface area contributed by atoms with Crippen LogP contribution in [0.3, 0.4) is 0 Å². The van der Waals surface area contributed by atoms with Crippen LogP contribution in [0.1, 0.15) is 73.6 Å². The molecule has 2 aliphatic heterocycles. The highest BCUT2D eigenvalue weighted by Gasteiger charge is 2.50. The van der Waals surface area contributed by atoms with Crippen molar-refractivity contribution in [3.05, 3.63) is 113 Å². The zero-order valence-corrected chi connectivity index (χ0v) is 39.1. The number of methoxy groups -OCH3 is 1. The lowest BCUT2D eigenvalue weighted by atomic mass is 9.81. The van der Waals surface area contributed by atoms with Crippen molar-refractivity contribution in [2.45, 2.75) is 89.4 Å². The quantitative estimate of drug-likeness (QED) is 0.0333. The fourth-order valence-electron chi connectivity index (χ4n) is 8.20. The zero-order valence-electron chi connectivity index (χ0n) is 38.3. The molecule has 3 amide bonds. The predicted molar refractivity (Wildman–Crippen MR) is 241 cm³/mol. The molecule has 1 aromatic heterocycles. The third-order valence-corrected chi connectivity index (χ3v) is 12.2. The predicted octanol–water partition coefficient (Wildman–Crippen LogP) is 7.31. The number of hydrogen-bond donors (Lipinski definition) is 0. The van der Waals surface area contributed by atoms with Crippen molar-refractivity contribution >= 4 is 35.3 Å². The second-order valence-corrected chi connectivity index (χ2v) is 16.9. The number of aromatic nitrogens is 1. The fourth-order valence-corrected chi connectivity index (χ4v) is 8.41. The molecule has 0 radical (unpaired) electrons. The molecule has 1 saturated heterocycles. The number of aryl methyl sites for hydroxylation is 1. The van der Waals surface area contributed by atoms with Crippen LogP contribution < -0.4 is 9.47 Å². The summed E-state index contributed by atoms with van der Waals surface area (Å²) in [4.78, 5) is 82.5. The molecule has 2 fully saturated rings. The summed E-state index contributed by atoms with van der Waals surface area (Å²) in [5.74, 6) is -1.89. The highest BCUT2D eigenvalue weighted by atomic mass is 35.5. The molecule has 374 valence electrons. The lowest BCUT2D eigenvalue weighted by Gasteiger charge is -2.50. The Morgan fingerprint density at radius 1 is 0.812 bits per heavy atom. The van der Waals surface area contributed by atoms with Gasteiger partial charge in [-0.15, -0.1) is 20.2 Å². The van der Waals surface area contributed by atoms with Gasteiger partial charge in [-0.25, -0.2) is 23.4 Å². The van der Waals surface area contributed by atoms with Gasteiger partial charge in [-0.1, -0.05) is 35.9 Å². The number of hydrogen-bond acceptors (Lipinski definition) is 15. The van der Waals surface area contributed by atoms with E-state index in [9.17, 15) is 38.6 Å². The Hall–Kier alpha value is -6.55. The van der Waals surface area contributed by atoms with Gasteiger partial charge in [0.1, 0.15) is 17.4 Å². The van der Waals surface area contributed by atoms with Gasteiger partial charge in [0.2, 0.25) is 5.88 Å². The Morgan fingerprint density at radius 2 is 1.46 bits per heavy atom. The van der Waals surface area contributed by atoms with Crippen molar-refractivity contribution in [2.75, 3.05) is 66.4 Å². The van der Waals surface area contributed by atoms with E-state index < -0.39 is 51.1 Å². The van der Waals surface area contributed by atoms with E-state index in [-0.39, 0.29) is 115 Å². The third kappa shape index (κ3) is 14.3. The Bertz CT molecular complexity index is 2320. The number of rotatable bonds is 26. The minimum Gasteiger partial charge on any atom is -0.489 e. The van der Waals surface area contributed by atoms with Crippen LogP contribution >= 0.6 is 11.6 Å². The molecule has 3 aromatic rings. The molecule has 20 nitrogen and oxygen atoms in total. The Morgan fingerprint density at radius 3 is 2.12 bits per heavy atom. The summed E-state index contributed by atoms with van der Waals surface area (Å²) < 4.78 is 56.1. The number of fused-ring (bicyclic) bond motifs is 2. The first-order valence-corrected chi connectivity index (χ1v) is 23.0. The van der Waals surface area contributed by atoms with Gasteiger partial charge in [-0.05, 0) is 105 Å². The van der Waals surface area contributed by atoms with Gasteiger partial charge in [-0.2, -0.15) is 0 Å². The summed E-state index contributed by atoms with van der Waals surface area (Å²) in [6.45, 7) is 2.07. The van der Waals surface area contributed by atoms with Crippen molar-refractivity contribution in [2.24, 2.45) is 0 Å². The lowest BCUT2D eigenvalue weighted by molar-refractivity contribution is -0.757. The molecule has 3 heterocycles. The minimum absolute atomic E-state index is 0.0128. The molecule has 2 aromatic carbocycles. The summed E-state index contributed by atoms with van der Waals surface area (Å²) in [6, 6.07) is 9.38. The molecule has 2 atom stereocenters. The Kier molecular flexibility index (Phi) is 18.9. The van der Waals surface area contributed by atoms with Gasteiger partial charge in [0.15, 0.2) is 11.6 Å². The molecule has 0 spiro atoms. The van der Waals surface area contributed by atoms with Crippen LogP contribution in [0.4, 0.5) is 18.4 Å². The average molecular weight is 989 g/mol. The van der Waals surface area contributed by atoms with Crippen LogP contribution in [0.25, 0.3) is 5.57 Å². The van der Waals surface area contributed by atoms with Crippen molar-refractivity contribution < 1.29 is 66.7 Å². The number of amides is 3. The highest BCUT2D eigenvalue weighted by Crippen LogP contribution is 2.42. The van der Waals surface area contributed by atoms with E-state index in [1.807, 2.05) is 37.3 Å². The number of carbonyl (C=O) groups is 3. The van der Waals surface area contributed by atoms with Crippen LogP contribution in [0.5, 0.6) is 11.6 Å². The number of unbranched alkanes of at least 4 members (excludes halogenated alkanes) is 2. The van der Waals surface area contributed by atoms with Crippen LogP contribution in [0.2, 0.25) is 5.02 Å². The van der Waals surface area contributed by atoms with Crippen molar-refractivity contribution in [1.29, 1.82) is 0 Å². The van der Waals surface area contributed by atoms with Gasteiger partial charge in [0, 0.05) is 50.1 Å². The lowest BCUT2D eigenvalue weighted by Crippen LogP contribution is -2.65. The number of ether oxygens (including phenoxy) is 5. The largest absolute Gasteiger partial charge is 0.489 e. The van der Waals surface area contributed by atoms with Gasteiger partial charge in [-0.3, -0.25) is 9.69 Å². The zero-order chi connectivity index (χ0) is 49.5. The van der Waals surface area contributed by atoms with E-state index in [2.05, 4.69) is 14.7 Å². The second kappa shape index (κ2) is 25.2. The maximum atomic E-state index is 15.5. The van der Waals surface area contributed by atoms with Crippen LogP contribution in [0.15, 0.2) is 54.2 Å². The number of halogens is 3. The summed E-state index contributed by atoms with van der Waals surface area (Å²) in [7, 11) is 1.56. The summed E-state index contributed by atoms with van der Waals surface area (Å²) in [6.07, 6.45) is 3.74. The number of piperazine rings is 1. The molecule has 1 saturated carbocycles. The number of pyridine rings is 1. The summed E-state index contributed by atoms with van der Waals surface area (Å²) in [5, 5.41) is 19.0. The van der Waals surface area contributed by atoms with Crippen LogP contribution in [0, 0.1) is 38.8 Å². The van der Waals surface area contributed by atoms with E-state index in [0.29, 0.717) is 36.5 Å². The SMILES string of the molecule is COCCOc1nccc(CN(C(=O)C2=C(c3ccc(CCCOc4c(F)ccc(F)c4Cl)cc3)CC3CN(C(=O)OCCCCO[N+](=O)[O-])CC2N3C(=O)OCCCCO[N+](=O)[O-])C2CC2)c1C. The molecule has 0 N–H and O–H groups in total. The first-order valence-electron chi connectivity index (χ1n) is 22.6. The van der Waals surface area contributed by atoms with E-state index in [1.54, 1.807) is 18.2 Å². The van der Waals surface area contributed by atoms with E-state index in [1.165, 1.54) is 9.80 Å². The normalized spacial score (nSPS) is 16.4. The summed E-state index contributed by atoms with van der Waals surface area (Å²) >= 11 is 5.93. The average Bonchev–Trinajstić information content (AvgIpc) is 4.17. The van der Waals surface area contributed by atoms with Gasteiger partial charge >= 0.3 is 12.2 Å². The molecule has 23 heteroatoms. The minimum atomic E-state index is -1.02. The number of benzene rings is 2. The smallest absolute Gasteiger partial charge is 0.410 e. The standard InChI is InChI=1S/C46H55ClF2N6O14/c1-30-33(17-18-50-43(30)65-25-24-63-2)27-52(34-13-14-34)44(56)40-36(32-11-9-31(10-12-32)8-7-21-64-42-38(49)16-15-37(48)41(42)47)26-35-28-51(45(57)66-19-3-5-22-68-54(59)60)29-39(40)53(35)46(58)67-20-4-6-23-69-55(61)62/h9-12,15-18,34-35,39H,3-8,13-14,19-29H2,1-2H3. The molecule has 2 unspecified atom stereocenters. The molecule has 3 aliphatic rings. The van der Waals surface area contributed by atoms with Crippen LogP contribution in [-0.4, -0.2) is 133 Å². The van der Waals surface area contributed by atoms with Crippen molar-refractivity contribution in [3.8, 4) is 11.6 Å². The Balaban J connectivity index is 1.31. The van der Waals surface area contributed by atoms with Gasteiger partial charge in [0.05, 0.1) is 51.7 Å². The topological polar surface area (TPSA) is 225 Å². The molecule has 69 heavy (non-hydrogen) atoms. The first kappa shape index (κ1) is 51.8. The molecule has 2 bridgehead atoms. The van der Waals surface area contributed by atoms with Gasteiger partial charge < -0.3 is 43.2 Å². The highest BCUT2D eigenvalue weighted by molar-refractivity contribution is 6.32. The van der Waals surface area contributed by atoms with Crippen LogP contribution in [-0.2, 0) is 41.6 Å². The fraction of sp³-hybridized carbons (Fsp3) is 0.522. The maximum absolute atomic E-state index is 15.5. The van der Waals surface area contributed by atoms with E-state index in [4.69, 9.17) is 35.3 Å². The van der Waals surface area contributed by atoms with E-state index >= 15 is 4.79 Å².